The highest BCUT2D eigenvalue weighted by molar-refractivity contribution is 6.16. The van der Waals surface area contributed by atoms with Crippen LogP contribution in [0.25, 0.3) is 22.2 Å². The van der Waals surface area contributed by atoms with Gasteiger partial charge in [-0.25, -0.2) is 9.37 Å². The van der Waals surface area contributed by atoms with Crippen molar-refractivity contribution in [1.29, 1.82) is 0 Å². The summed E-state index contributed by atoms with van der Waals surface area (Å²) in [5, 5.41) is 6.39. The Morgan fingerprint density at radius 2 is 1.58 bits per heavy atom. The summed E-state index contributed by atoms with van der Waals surface area (Å²) in [5.74, 6) is 0.0623. The van der Waals surface area contributed by atoms with E-state index in [1.54, 1.807) is 49.1 Å². The van der Waals surface area contributed by atoms with Crippen LogP contribution in [-0.4, -0.2) is 26.8 Å². The number of hydrogen-bond acceptors (Lipinski definition) is 5. The molecule has 1 aliphatic carbocycles. The third kappa shape index (κ3) is 4.57. The van der Waals surface area contributed by atoms with Crippen LogP contribution in [0, 0.1) is 11.2 Å². The van der Waals surface area contributed by atoms with Crippen LogP contribution in [-0.2, 0) is 9.59 Å². The van der Waals surface area contributed by atoms with Gasteiger partial charge in [-0.2, -0.15) is 0 Å². The van der Waals surface area contributed by atoms with Crippen LogP contribution in [0.1, 0.15) is 12.8 Å². The number of halogens is 1. The van der Waals surface area contributed by atoms with Crippen molar-refractivity contribution in [1.82, 2.24) is 15.0 Å². The van der Waals surface area contributed by atoms with Crippen molar-refractivity contribution in [3.63, 3.8) is 0 Å². The molecule has 0 saturated heterocycles. The van der Waals surface area contributed by atoms with Crippen LogP contribution in [0.3, 0.4) is 0 Å². The Morgan fingerprint density at radius 3 is 2.21 bits per heavy atom. The number of nitrogens with one attached hydrogen (secondary N) is 3. The van der Waals surface area contributed by atoms with Crippen LogP contribution in [0.5, 0.6) is 11.5 Å². The number of carbonyl (C=O) groups excluding carboxylic acids is 2. The van der Waals surface area contributed by atoms with Crippen molar-refractivity contribution < 1.29 is 18.7 Å². The minimum absolute atomic E-state index is 0.376. The molecule has 0 radical (unpaired) electrons. The molecule has 5 aromatic rings. The molecular weight excluding hydrogens is 485 g/mol. The summed E-state index contributed by atoms with van der Waals surface area (Å²) in [6, 6.07) is 20.1. The van der Waals surface area contributed by atoms with Gasteiger partial charge in [-0.3, -0.25) is 14.6 Å². The van der Waals surface area contributed by atoms with Crippen molar-refractivity contribution >= 4 is 34.1 Å². The Hall–Kier alpha value is -5.05. The molecule has 3 N–H and O–H groups in total. The first-order chi connectivity index (χ1) is 18.5. The number of pyridine rings is 1. The van der Waals surface area contributed by atoms with Gasteiger partial charge in [-0.1, -0.05) is 6.07 Å². The first-order valence-electron chi connectivity index (χ1n) is 12.0. The minimum atomic E-state index is -1.13. The lowest BCUT2D eigenvalue weighted by Crippen LogP contribution is -2.35. The third-order valence-electron chi connectivity index (χ3n) is 6.57. The molecule has 1 aliphatic rings. The maximum absolute atomic E-state index is 13.1. The maximum atomic E-state index is 13.1. The van der Waals surface area contributed by atoms with E-state index in [0.717, 1.165) is 22.2 Å². The molecule has 8 nitrogen and oxygen atoms in total. The fourth-order valence-corrected chi connectivity index (χ4v) is 4.24. The lowest BCUT2D eigenvalue weighted by atomic mass is 10.0. The molecule has 0 spiro atoms. The quantitative estimate of drug-likeness (QED) is 0.237. The molecule has 1 fully saturated rings. The summed E-state index contributed by atoms with van der Waals surface area (Å²) >= 11 is 0. The fraction of sp³-hybridized carbons (Fsp3) is 0.103. The second-order valence-corrected chi connectivity index (χ2v) is 9.13. The van der Waals surface area contributed by atoms with Gasteiger partial charge < -0.3 is 20.4 Å². The van der Waals surface area contributed by atoms with Crippen LogP contribution in [0.15, 0.2) is 91.5 Å². The number of imidazole rings is 1. The van der Waals surface area contributed by atoms with Gasteiger partial charge in [0, 0.05) is 28.5 Å². The molecule has 188 valence electrons. The molecule has 2 amide bonds. The Morgan fingerprint density at radius 1 is 0.895 bits per heavy atom. The second-order valence-electron chi connectivity index (χ2n) is 9.13. The lowest BCUT2D eigenvalue weighted by molar-refractivity contribution is -0.131. The van der Waals surface area contributed by atoms with Gasteiger partial charge in [0.2, 0.25) is 11.8 Å². The predicted octanol–water partition coefficient (Wildman–Crippen LogP) is 5.91. The molecule has 3 aromatic carbocycles. The molecule has 38 heavy (non-hydrogen) atoms. The van der Waals surface area contributed by atoms with Gasteiger partial charge in [0.15, 0.2) is 0 Å². The highest BCUT2D eigenvalue weighted by Gasteiger charge is 2.56. The van der Waals surface area contributed by atoms with Crippen molar-refractivity contribution in [3.05, 3.63) is 97.3 Å². The maximum Gasteiger partial charge on any atom is 0.240 e. The summed E-state index contributed by atoms with van der Waals surface area (Å²) in [7, 11) is 0. The number of anilines is 2. The van der Waals surface area contributed by atoms with Gasteiger partial charge in [0.05, 0.1) is 23.7 Å². The SMILES string of the molecule is O=C(Nc1ccc(F)cc1)C1(C(=O)Nc2ccc(Oc3ccnc4cc(-c5cnc[nH]5)ccc34)cc2)CC1. The highest BCUT2D eigenvalue weighted by atomic mass is 19.1. The second kappa shape index (κ2) is 9.44. The van der Waals surface area contributed by atoms with Crippen molar-refractivity contribution in [2.45, 2.75) is 12.8 Å². The smallest absolute Gasteiger partial charge is 0.240 e. The average molecular weight is 508 g/mol. The molecule has 2 heterocycles. The van der Waals surface area contributed by atoms with Crippen molar-refractivity contribution in [3.8, 4) is 22.8 Å². The van der Waals surface area contributed by atoms with E-state index >= 15 is 0 Å². The number of rotatable bonds is 7. The molecular formula is C29H22FN5O3. The standard InChI is InChI=1S/C29H22FN5O3/c30-19-2-4-20(5-3-19)34-27(36)29(12-13-29)28(37)35-21-6-8-22(9-7-21)38-26-11-14-32-24-15-18(1-10-23(24)26)25-16-31-17-33-25/h1-11,14-17H,12-13H2,(H,31,33)(H,34,36)(H,35,37). The summed E-state index contributed by atoms with van der Waals surface area (Å²) in [5.41, 5.74) is 2.52. The minimum Gasteiger partial charge on any atom is -0.457 e. The normalized spacial score (nSPS) is 13.6. The zero-order chi connectivity index (χ0) is 26.1. The number of aromatic nitrogens is 3. The van der Waals surface area contributed by atoms with Gasteiger partial charge in [-0.05, 0) is 79.6 Å². The van der Waals surface area contributed by atoms with Gasteiger partial charge in [0.1, 0.15) is 22.7 Å². The largest absolute Gasteiger partial charge is 0.457 e. The van der Waals surface area contributed by atoms with Crippen molar-refractivity contribution in [2.75, 3.05) is 10.6 Å². The van der Waals surface area contributed by atoms with E-state index in [9.17, 15) is 14.0 Å². The van der Waals surface area contributed by atoms with Crippen LogP contribution in [0.2, 0.25) is 0 Å². The molecule has 0 aliphatic heterocycles. The molecule has 0 bridgehead atoms. The van der Waals surface area contributed by atoms with E-state index < -0.39 is 17.1 Å². The number of H-pyrrole nitrogens is 1. The summed E-state index contributed by atoms with van der Waals surface area (Å²) in [4.78, 5) is 37.3. The average Bonchev–Trinajstić information content (AvgIpc) is 3.57. The predicted molar refractivity (Wildman–Crippen MR) is 141 cm³/mol. The Balaban J connectivity index is 1.13. The van der Waals surface area contributed by atoms with Crippen LogP contribution < -0.4 is 15.4 Å². The molecule has 0 unspecified atom stereocenters. The van der Waals surface area contributed by atoms with Crippen LogP contribution in [0.4, 0.5) is 15.8 Å². The Bertz CT molecular complexity index is 1630. The molecule has 9 heteroatoms. The fourth-order valence-electron chi connectivity index (χ4n) is 4.24. The third-order valence-corrected chi connectivity index (χ3v) is 6.57. The van der Waals surface area contributed by atoms with Crippen molar-refractivity contribution in [2.24, 2.45) is 5.41 Å². The number of ether oxygens (including phenoxy) is 1. The Labute approximate surface area is 216 Å². The zero-order valence-electron chi connectivity index (χ0n) is 20.1. The zero-order valence-corrected chi connectivity index (χ0v) is 20.1. The summed E-state index contributed by atoms with van der Waals surface area (Å²) in [6.07, 6.45) is 5.97. The number of nitrogens with zero attached hydrogens (tertiary/aromatic N) is 2. The van der Waals surface area contributed by atoms with Crippen LogP contribution >= 0.6 is 0 Å². The molecule has 0 atom stereocenters. The molecule has 1 saturated carbocycles. The number of carbonyl (C=O) groups is 2. The van der Waals surface area contributed by atoms with E-state index in [1.807, 2.05) is 18.2 Å². The number of aromatic amines is 1. The van der Waals surface area contributed by atoms with E-state index in [2.05, 4.69) is 25.6 Å². The van der Waals surface area contributed by atoms with E-state index in [4.69, 9.17) is 4.74 Å². The van der Waals surface area contributed by atoms with E-state index in [0.29, 0.717) is 35.7 Å². The number of amides is 2. The highest BCUT2D eigenvalue weighted by Crippen LogP contribution is 2.47. The number of fused-ring (bicyclic) bond motifs is 1. The van der Waals surface area contributed by atoms with E-state index in [-0.39, 0.29) is 5.91 Å². The lowest BCUT2D eigenvalue weighted by Gasteiger charge is -2.16. The summed E-state index contributed by atoms with van der Waals surface area (Å²) in [6.45, 7) is 0. The number of hydrogen-bond donors (Lipinski definition) is 3. The topological polar surface area (TPSA) is 109 Å². The molecule has 6 rings (SSSR count). The van der Waals surface area contributed by atoms with Gasteiger partial charge in [0.25, 0.3) is 0 Å². The monoisotopic (exact) mass is 507 g/mol. The summed E-state index contributed by atoms with van der Waals surface area (Å²) < 4.78 is 19.2. The number of benzene rings is 3. The first kappa shape index (κ1) is 23.4. The first-order valence-corrected chi connectivity index (χ1v) is 12.0. The van der Waals surface area contributed by atoms with Gasteiger partial charge >= 0.3 is 0 Å². The Kier molecular flexibility index (Phi) is 5.80. The van der Waals surface area contributed by atoms with E-state index in [1.165, 1.54) is 24.3 Å². The molecule has 2 aromatic heterocycles. The van der Waals surface area contributed by atoms with Gasteiger partial charge in [-0.15, -0.1) is 0 Å².